The largest absolute Gasteiger partial charge is 0.444 e. The van der Waals surface area contributed by atoms with Gasteiger partial charge in [-0.15, -0.1) is 0 Å². The molecule has 0 spiro atoms. The highest BCUT2D eigenvalue weighted by Crippen LogP contribution is 2.30. The fourth-order valence-electron chi connectivity index (χ4n) is 4.87. The molecule has 3 aromatic rings. The predicted molar refractivity (Wildman–Crippen MR) is 165 cm³/mol. The molecule has 222 valence electrons. The summed E-state index contributed by atoms with van der Waals surface area (Å²) < 4.78 is 5.50. The molecule has 4 rings (SSSR count). The smallest absolute Gasteiger partial charge is 0.410 e. The van der Waals surface area contributed by atoms with Crippen LogP contribution < -0.4 is 10.6 Å². The van der Waals surface area contributed by atoms with Crippen LogP contribution in [0.4, 0.5) is 4.79 Å². The Bertz CT molecular complexity index is 1400. The number of nitrogens with zero attached hydrogens (tertiary/aromatic N) is 2. The van der Waals surface area contributed by atoms with Crippen LogP contribution in [0.15, 0.2) is 72.8 Å². The van der Waals surface area contributed by atoms with E-state index >= 15 is 0 Å². The van der Waals surface area contributed by atoms with Crippen LogP contribution >= 0.6 is 11.6 Å². The number of amides is 3. The molecule has 1 atom stereocenters. The van der Waals surface area contributed by atoms with Gasteiger partial charge in [0.2, 0.25) is 5.91 Å². The Morgan fingerprint density at radius 3 is 2.29 bits per heavy atom. The molecule has 0 saturated carbocycles. The van der Waals surface area contributed by atoms with E-state index in [2.05, 4.69) is 27.7 Å². The fourth-order valence-corrected chi connectivity index (χ4v) is 5.16. The molecule has 0 radical (unpaired) electrons. The van der Waals surface area contributed by atoms with Gasteiger partial charge in [-0.2, -0.15) is 0 Å². The lowest BCUT2D eigenvalue weighted by atomic mass is 10.00. The minimum absolute atomic E-state index is 0.126. The van der Waals surface area contributed by atoms with Gasteiger partial charge in [0.05, 0.1) is 12.5 Å². The molecular formula is C33H39ClN4O4. The average molecular weight is 591 g/mol. The monoisotopic (exact) mass is 590 g/mol. The first kappa shape index (κ1) is 31.1. The number of benzene rings is 3. The molecule has 42 heavy (non-hydrogen) atoms. The number of carbonyl (C=O) groups excluding carboxylic acids is 3. The van der Waals surface area contributed by atoms with Crippen molar-refractivity contribution in [1.82, 2.24) is 20.4 Å². The Morgan fingerprint density at radius 1 is 0.929 bits per heavy atom. The van der Waals surface area contributed by atoms with Gasteiger partial charge in [0.25, 0.3) is 5.91 Å². The summed E-state index contributed by atoms with van der Waals surface area (Å²) in [5.41, 5.74) is 3.68. The third kappa shape index (κ3) is 8.57. The van der Waals surface area contributed by atoms with Crippen molar-refractivity contribution >= 4 is 29.5 Å². The molecule has 8 nitrogen and oxygen atoms in total. The van der Waals surface area contributed by atoms with Gasteiger partial charge in [-0.25, -0.2) is 4.79 Å². The second-order valence-corrected chi connectivity index (χ2v) is 11.9. The zero-order valence-electron chi connectivity index (χ0n) is 24.7. The van der Waals surface area contributed by atoms with E-state index in [0.717, 1.165) is 41.9 Å². The third-order valence-electron chi connectivity index (χ3n) is 7.08. The van der Waals surface area contributed by atoms with Crippen molar-refractivity contribution in [2.45, 2.75) is 45.4 Å². The van der Waals surface area contributed by atoms with Crippen LogP contribution in [0.25, 0.3) is 11.1 Å². The molecule has 0 bridgehead atoms. The number of carbonyl (C=O) groups is 3. The second kappa shape index (κ2) is 13.9. The summed E-state index contributed by atoms with van der Waals surface area (Å²) in [4.78, 5) is 41.7. The fraction of sp³-hybridized carbons (Fsp3) is 0.364. The number of nitrogens with one attached hydrogen (secondary N) is 2. The topological polar surface area (TPSA) is 91.0 Å². The van der Waals surface area contributed by atoms with Crippen molar-refractivity contribution in [2.75, 3.05) is 33.2 Å². The summed E-state index contributed by atoms with van der Waals surface area (Å²) in [6.45, 7) is 9.14. The number of piperazine rings is 1. The lowest BCUT2D eigenvalue weighted by Crippen LogP contribution is -2.49. The second-order valence-electron chi connectivity index (χ2n) is 11.5. The van der Waals surface area contributed by atoms with Crippen molar-refractivity contribution in [3.63, 3.8) is 0 Å². The number of halogens is 1. The molecule has 1 aliphatic heterocycles. The Labute approximate surface area is 253 Å². The zero-order valence-corrected chi connectivity index (χ0v) is 25.4. The molecule has 1 unspecified atom stereocenters. The first-order valence-electron chi connectivity index (χ1n) is 14.2. The van der Waals surface area contributed by atoms with Gasteiger partial charge in [0, 0.05) is 55.9 Å². The summed E-state index contributed by atoms with van der Waals surface area (Å²) in [5.74, 6) is -0.470. The lowest BCUT2D eigenvalue weighted by molar-refractivity contribution is -0.121. The maximum Gasteiger partial charge on any atom is 0.410 e. The minimum atomic E-state index is -0.505. The standard InChI is InChI=1S/C33H39ClN4O4/c1-33(2,3)42-32(41)38-17-15-37(16-18-38)22-23-9-8-12-25(19-23)27-14-13-26(20-28(27)34)31(40)36-29(21-30(39)35-4)24-10-6-5-7-11-24/h5-14,19-20,29H,15-18,21-22H2,1-4H3,(H,35,39)(H,36,40). The Morgan fingerprint density at radius 2 is 1.64 bits per heavy atom. The summed E-state index contributed by atoms with van der Waals surface area (Å²) in [5, 5.41) is 6.07. The highest BCUT2D eigenvalue weighted by molar-refractivity contribution is 6.33. The summed E-state index contributed by atoms with van der Waals surface area (Å²) in [6.07, 6.45) is -0.140. The van der Waals surface area contributed by atoms with E-state index in [1.54, 1.807) is 24.1 Å². The van der Waals surface area contributed by atoms with Gasteiger partial charge in [-0.3, -0.25) is 14.5 Å². The molecule has 1 saturated heterocycles. The molecular weight excluding hydrogens is 552 g/mol. The molecule has 2 N–H and O–H groups in total. The Kier molecular flexibility index (Phi) is 10.2. The first-order valence-corrected chi connectivity index (χ1v) is 14.6. The van der Waals surface area contributed by atoms with E-state index < -0.39 is 11.6 Å². The molecule has 1 fully saturated rings. The number of hydrogen-bond acceptors (Lipinski definition) is 5. The van der Waals surface area contributed by atoms with E-state index in [-0.39, 0.29) is 24.3 Å². The third-order valence-corrected chi connectivity index (χ3v) is 7.39. The van der Waals surface area contributed by atoms with Crippen LogP contribution in [0.5, 0.6) is 0 Å². The van der Waals surface area contributed by atoms with Gasteiger partial charge in [-0.1, -0.05) is 66.2 Å². The predicted octanol–water partition coefficient (Wildman–Crippen LogP) is 5.67. The Hall–Kier alpha value is -3.88. The van der Waals surface area contributed by atoms with Crippen molar-refractivity contribution in [1.29, 1.82) is 0 Å². The Balaban J connectivity index is 1.40. The molecule has 3 amide bonds. The summed E-state index contributed by atoms with van der Waals surface area (Å²) in [6, 6.07) is 22.4. The van der Waals surface area contributed by atoms with E-state index in [1.807, 2.05) is 69.3 Å². The molecule has 0 aromatic heterocycles. The molecule has 3 aromatic carbocycles. The van der Waals surface area contributed by atoms with Gasteiger partial charge in [-0.05, 0) is 55.7 Å². The SMILES string of the molecule is CNC(=O)CC(NC(=O)c1ccc(-c2cccc(CN3CCN(C(=O)OC(C)(C)C)CC3)c2)c(Cl)c1)c1ccccc1. The molecule has 1 aliphatic rings. The highest BCUT2D eigenvalue weighted by atomic mass is 35.5. The van der Waals surface area contributed by atoms with E-state index in [4.69, 9.17) is 16.3 Å². The van der Waals surface area contributed by atoms with Gasteiger partial charge < -0.3 is 20.3 Å². The van der Waals surface area contributed by atoms with Crippen LogP contribution in [0.2, 0.25) is 5.02 Å². The summed E-state index contributed by atoms with van der Waals surface area (Å²) >= 11 is 6.70. The maximum atomic E-state index is 13.2. The minimum Gasteiger partial charge on any atom is -0.444 e. The molecule has 0 aliphatic carbocycles. The van der Waals surface area contributed by atoms with Crippen molar-refractivity contribution in [3.8, 4) is 11.1 Å². The van der Waals surface area contributed by atoms with E-state index in [1.165, 1.54) is 0 Å². The normalized spacial score (nSPS) is 14.6. The van der Waals surface area contributed by atoms with E-state index in [0.29, 0.717) is 23.7 Å². The quantitative estimate of drug-likeness (QED) is 0.353. The van der Waals surface area contributed by atoms with Crippen LogP contribution in [0.3, 0.4) is 0 Å². The number of ether oxygens (including phenoxy) is 1. The van der Waals surface area contributed by atoms with Crippen molar-refractivity contribution in [2.24, 2.45) is 0 Å². The number of rotatable bonds is 8. The molecule has 1 heterocycles. The summed E-state index contributed by atoms with van der Waals surface area (Å²) in [7, 11) is 1.58. The van der Waals surface area contributed by atoms with Gasteiger partial charge in [0.15, 0.2) is 0 Å². The lowest BCUT2D eigenvalue weighted by Gasteiger charge is -2.35. The van der Waals surface area contributed by atoms with E-state index in [9.17, 15) is 14.4 Å². The van der Waals surface area contributed by atoms with Crippen molar-refractivity contribution in [3.05, 3.63) is 94.5 Å². The average Bonchev–Trinajstić information content (AvgIpc) is 2.96. The van der Waals surface area contributed by atoms with Crippen LogP contribution in [0.1, 0.15) is 54.7 Å². The van der Waals surface area contributed by atoms with Crippen molar-refractivity contribution < 1.29 is 19.1 Å². The van der Waals surface area contributed by atoms with Gasteiger partial charge >= 0.3 is 6.09 Å². The van der Waals surface area contributed by atoms with Crippen LogP contribution in [-0.4, -0.2) is 66.5 Å². The molecule has 9 heteroatoms. The van der Waals surface area contributed by atoms with Crippen LogP contribution in [0, 0.1) is 0 Å². The first-order chi connectivity index (χ1) is 20.0. The highest BCUT2D eigenvalue weighted by Gasteiger charge is 2.26. The number of hydrogen-bond donors (Lipinski definition) is 2. The zero-order chi connectivity index (χ0) is 30.3. The van der Waals surface area contributed by atoms with Crippen LogP contribution in [-0.2, 0) is 16.1 Å². The van der Waals surface area contributed by atoms with Gasteiger partial charge in [0.1, 0.15) is 5.60 Å². The maximum absolute atomic E-state index is 13.2.